The number of hydrogen-bond acceptors (Lipinski definition) is 5. The third kappa shape index (κ3) is 2.91. The Hall–Kier alpha value is -4.06. The van der Waals surface area contributed by atoms with Gasteiger partial charge in [-0.2, -0.15) is 0 Å². The average Bonchev–Trinajstić information content (AvgIpc) is 3.16. The maximum absolute atomic E-state index is 12.5. The molecule has 142 valence electrons. The van der Waals surface area contributed by atoms with Crippen molar-refractivity contribution >= 4 is 16.4 Å². The molecule has 5 rings (SSSR count). The zero-order valence-corrected chi connectivity index (χ0v) is 15.5. The Balaban J connectivity index is 1.76. The summed E-state index contributed by atoms with van der Waals surface area (Å²) in [6, 6.07) is 24.4. The second-order valence-corrected chi connectivity index (χ2v) is 6.50. The summed E-state index contributed by atoms with van der Waals surface area (Å²) in [5.74, 6) is 1.50. The van der Waals surface area contributed by atoms with Crippen LogP contribution < -0.4 is 15.2 Å². The molecule has 29 heavy (non-hydrogen) atoms. The van der Waals surface area contributed by atoms with Crippen LogP contribution in [0.15, 0.2) is 88.2 Å². The summed E-state index contributed by atoms with van der Waals surface area (Å²) in [5.41, 5.74) is 2.65. The summed E-state index contributed by atoms with van der Waals surface area (Å²) in [6.07, 6.45) is 0. The fourth-order valence-electron chi connectivity index (χ4n) is 3.42. The van der Waals surface area contributed by atoms with Crippen LogP contribution in [0.1, 0.15) is 0 Å². The molecule has 0 unspecified atom stereocenters. The maximum Gasteiger partial charge on any atom is 0.445 e. The van der Waals surface area contributed by atoms with Crippen LogP contribution in [0.3, 0.4) is 0 Å². The first-order valence-electron chi connectivity index (χ1n) is 9.06. The number of ether oxygens (including phenoxy) is 2. The molecule has 0 bridgehead atoms. The van der Waals surface area contributed by atoms with E-state index in [4.69, 9.17) is 14.0 Å². The molecule has 0 amide bonds. The van der Waals surface area contributed by atoms with Gasteiger partial charge in [0.2, 0.25) is 0 Å². The lowest BCUT2D eigenvalue weighted by Gasteiger charge is -2.06. The minimum atomic E-state index is -0.557. The molecule has 2 aromatic heterocycles. The number of benzene rings is 3. The van der Waals surface area contributed by atoms with E-state index in [1.807, 2.05) is 78.9 Å². The van der Waals surface area contributed by atoms with E-state index in [-0.39, 0.29) is 0 Å². The van der Waals surface area contributed by atoms with Crippen molar-refractivity contribution in [2.24, 2.45) is 0 Å². The zero-order valence-electron chi connectivity index (χ0n) is 15.5. The van der Waals surface area contributed by atoms with Crippen molar-refractivity contribution in [3.8, 4) is 28.5 Å². The minimum Gasteiger partial charge on any atom is -0.497 e. The first kappa shape index (κ1) is 17.1. The van der Waals surface area contributed by atoms with Gasteiger partial charge in [-0.05, 0) is 42.5 Å². The van der Waals surface area contributed by atoms with Crippen molar-refractivity contribution in [2.45, 2.75) is 0 Å². The van der Waals surface area contributed by atoms with Crippen LogP contribution in [-0.4, -0.2) is 16.7 Å². The normalized spacial score (nSPS) is 11.1. The lowest BCUT2D eigenvalue weighted by atomic mass is 10.1. The molecular weight excluding hydrogens is 368 g/mol. The molecule has 2 heterocycles. The number of rotatable bonds is 4. The number of para-hydroxylation sites is 1. The van der Waals surface area contributed by atoms with Crippen LogP contribution in [-0.2, 0) is 0 Å². The van der Waals surface area contributed by atoms with E-state index in [1.165, 1.54) is 4.40 Å². The van der Waals surface area contributed by atoms with Crippen LogP contribution in [0, 0.1) is 0 Å². The lowest BCUT2D eigenvalue weighted by Crippen LogP contribution is -2.12. The van der Waals surface area contributed by atoms with Gasteiger partial charge in [-0.25, -0.2) is 9.20 Å². The van der Waals surface area contributed by atoms with Crippen LogP contribution in [0.2, 0.25) is 0 Å². The Morgan fingerprint density at radius 2 is 1.66 bits per heavy atom. The van der Waals surface area contributed by atoms with E-state index < -0.39 is 5.76 Å². The third-order valence-electron chi connectivity index (χ3n) is 4.76. The summed E-state index contributed by atoms with van der Waals surface area (Å²) >= 11 is 0. The number of fused-ring (bicyclic) bond motifs is 3. The molecule has 0 saturated carbocycles. The van der Waals surface area contributed by atoms with Crippen LogP contribution in [0.4, 0.5) is 0 Å². The molecule has 0 N–H and O–H groups in total. The van der Waals surface area contributed by atoms with Crippen molar-refractivity contribution in [3.63, 3.8) is 0 Å². The summed E-state index contributed by atoms with van der Waals surface area (Å²) < 4.78 is 18.0. The second kappa shape index (κ2) is 6.83. The fourth-order valence-corrected chi connectivity index (χ4v) is 3.42. The molecule has 5 aromatic rings. The van der Waals surface area contributed by atoms with Gasteiger partial charge >= 0.3 is 5.76 Å². The van der Waals surface area contributed by atoms with E-state index in [9.17, 15) is 4.79 Å². The molecule has 0 aliphatic carbocycles. The SMILES string of the molecule is COc1cccc(-c2noc(=O)n3c2cc2c(Oc4ccccc4)cccc23)c1. The predicted molar refractivity (Wildman–Crippen MR) is 110 cm³/mol. The number of nitrogens with zero attached hydrogens (tertiary/aromatic N) is 2. The highest BCUT2D eigenvalue weighted by atomic mass is 16.5. The molecule has 0 fully saturated rings. The molecule has 0 saturated heterocycles. The van der Waals surface area contributed by atoms with Gasteiger partial charge in [-0.3, -0.25) is 4.52 Å². The average molecular weight is 384 g/mol. The smallest absolute Gasteiger partial charge is 0.445 e. The minimum absolute atomic E-state index is 0.547. The largest absolute Gasteiger partial charge is 0.497 e. The van der Waals surface area contributed by atoms with Crippen LogP contribution in [0.25, 0.3) is 27.7 Å². The lowest BCUT2D eigenvalue weighted by molar-refractivity contribution is 0.352. The van der Waals surface area contributed by atoms with E-state index in [1.54, 1.807) is 7.11 Å². The van der Waals surface area contributed by atoms with Gasteiger partial charge in [0.05, 0.1) is 18.1 Å². The molecule has 0 aliphatic rings. The van der Waals surface area contributed by atoms with Crippen molar-refractivity contribution in [2.75, 3.05) is 7.11 Å². The first-order chi connectivity index (χ1) is 14.2. The highest BCUT2D eigenvalue weighted by Crippen LogP contribution is 2.34. The van der Waals surface area contributed by atoms with Crippen molar-refractivity contribution in [1.29, 1.82) is 0 Å². The standard InChI is InChI=1S/C23H16N2O4/c1-27-17-10-5-7-15(13-17)22-20-14-18-19(25(20)23(26)29-24-22)11-6-12-21(18)28-16-8-3-2-4-9-16/h2-14H,1H3. The van der Waals surface area contributed by atoms with Gasteiger partial charge in [-0.1, -0.05) is 41.6 Å². The Morgan fingerprint density at radius 3 is 2.48 bits per heavy atom. The van der Waals surface area contributed by atoms with Crippen molar-refractivity contribution < 1.29 is 14.0 Å². The Bertz CT molecular complexity index is 1390. The molecule has 6 heteroatoms. The molecule has 3 aromatic carbocycles. The monoisotopic (exact) mass is 384 g/mol. The Labute approximate surface area is 165 Å². The first-order valence-corrected chi connectivity index (χ1v) is 9.06. The number of methoxy groups -OCH3 is 1. The van der Waals surface area contributed by atoms with Gasteiger partial charge in [0, 0.05) is 10.9 Å². The van der Waals surface area contributed by atoms with E-state index >= 15 is 0 Å². The molecule has 6 nitrogen and oxygen atoms in total. The molecule has 0 spiro atoms. The summed E-state index contributed by atoms with van der Waals surface area (Å²) in [4.78, 5) is 12.5. The van der Waals surface area contributed by atoms with Gasteiger partial charge in [-0.15, -0.1) is 0 Å². The highest BCUT2D eigenvalue weighted by Gasteiger charge is 2.17. The number of hydrogen-bond donors (Lipinski definition) is 0. The predicted octanol–water partition coefficient (Wildman–Crippen LogP) is 4.91. The summed E-state index contributed by atoms with van der Waals surface area (Å²) in [7, 11) is 1.60. The quantitative estimate of drug-likeness (QED) is 0.441. The van der Waals surface area contributed by atoms with E-state index in [0.29, 0.717) is 34.0 Å². The van der Waals surface area contributed by atoms with E-state index in [2.05, 4.69) is 5.16 Å². The van der Waals surface area contributed by atoms with Gasteiger partial charge < -0.3 is 9.47 Å². The van der Waals surface area contributed by atoms with Crippen LogP contribution >= 0.6 is 0 Å². The Morgan fingerprint density at radius 1 is 0.862 bits per heavy atom. The highest BCUT2D eigenvalue weighted by molar-refractivity contribution is 5.96. The molecule has 0 aliphatic heterocycles. The number of aromatic nitrogens is 2. The third-order valence-corrected chi connectivity index (χ3v) is 4.76. The molecule has 0 atom stereocenters. The summed E-state index contributed by atoms with van der Waals surface area (Å²) in [5, 5.41) is 4.85. The summed E-state index contributed by atoms with van der Waals surface area (Å²) in [6.45, 7) is 0. The zero-order chi connectivity index (χ0) is 19.8. The molecule has 0 radical (unpaired) electrons. The van der Waals surface area contributed by atoms with Crippen LogP contribution in [0.5, 0.6) is 17.2 Å². The van der Waals surface area contributed by atoms with Gasteiger partial charge in [0.15, 0.2) is 0 Å². The van der Waals surface area contributed by atoms with Gasteiger partial charge in [0.25, 0.3) is 0 Å². The fraction of sp³-hybridized carbons (Fsp3) is 0.0435. The molecular formula is C23H16N2O4. The topological polar surface area (TPSA) is 66.0 Å². The van der Waals surface area contributed by atoms with Crippen molar-refractivity contribution in [1.82, 2.24) is 9.56 Å². The van der Waals surface area contributed by atoms with Crippen molar-refractivity contribution in [3.05, 3.63) is 89.4 Å². The second-order valence-electron chi connectivity index (χ2n) is 6.50. The Kier molecular flexibility index (Phi) is 4.02. The maximum atomic E-state index is 12.5. The van der Waals surface area contributed by atoms with E-state index in [0.717, 1.165) is 10.9 Å². The van der Waals surface area contributed by atoms with Gasteiger partial charge in [0.1, 0.15) is 22.9 Å².